The van der Waals surface area contributed by atoms with Crippen LogP contribution in [-0.4, -0.2) is 30.1 Å². The second kappa shape index (κ2) is 9.98. The van der Waals surface area contributed by atoms with Crippen molar-refractivity contribution in [1.82, 2.24) is 5.43 Å². The van der Waals surface area contributed by atoms with Gasteiger partial charge in [0.2, 0.25) is 5.75 Å². The number of nitrogens with zero attached hydrogens (tertiary/aromatic N) is 2. The van der Waals surface area contributed by atoms with Crippen LogP contribution >= 0.6 is 0 Å². The summed E-state index contributed by atoms with van der Waals surface area (Å²) >= 11 is 0. The molecule has 0 fully saturated rings. The third-order valence-corrected chi connectivity index (χ3v) is 4.37. The third-order valence-electron chi connectivity index (χ3n) is 4.37. The minimum Gasteiger partial charge on any atom is -0.497 e. The Balaban J connectivity index is 1.72. The van der Waals surface area contributed by atoms with Gasteiger partial charge in [0.15, 0.2) is 0 Å². The van der Waals surface area contributed by atoms with Crippen molar-refractivity contribution in [3.05, 3.63) is 99.1 Å². The van der Waals surface area contributed by atoms with Gasteiger partial charge in [0.05, 0.1) is 23.8 Å². The van der Waals surface area contributed by atoms with E-state index in [0.717, 1.165) is 5.56 Å². The predicted octanol–water partition coefficient (Wildman–Crippen LogP) is 3.89. The molecule has 0 spiro atoms. The molecule has 9 nitrogen and oxygen atoms in total. The zero-order valence-corrected chi connectivity index (χ0v) is 17.3. The topological polar surface area (TPSA) is 120 Å². The van der Waals surface area contributed by atoms with Crippen molar-refractivity contribution >= 4 is 23.8 Å². The molecule has 0 saturated heterocycles. The molecule has 0 unspecified atom stereocenters. The quantitative estimate of drug-likeness (QED) is 0.198. The number of ether oxygens (including phenoxy) is 2. The van der Waals surface area contributed by atoms with Crippen molar-refractivity contribution in [1.29, 1.82) is 0 Å². The Kier molecular flexibility index (Phi) is 6.92. The average molecular weight is 433 g/mol. The second-order valence-corrected chi connectivity index (χ2v) is 6.67. The zero-order valence-electron chi connectivity index (χ0n) is 17.3. The van der Waals surface area contributed by atoms with Crippen molar-refractivity contribution in [3.8, 4) is 11.5 Å². The van der Waals surface area contributed by atoms with E-state index >= 15 is 0 Å². The monoisotopic (exact) mass is 433 g/mol. The van der Waals surface area contributed by atoms with Gasteiger partial charge in [-0.25, -0.2) is 10.2 Å². The van der Waals surface area contributed by atoms with E-state index in [1.807, 2.05) is 13.0 Å². The molecule has 32 heavy (non-hydrogen) atoms. The van der Waals surface area contributed by atoms with Gasteiger partial charge in [0.1, 0.15) is 5.75 Å². The van der Waals surface area contributed by atoms with Gasteiger partial charge < -0.3 is 9.47 Å². The van der Waals surface area contributed by atoms with Crippen LogP contribution in [0.4, 0.5) is 5.69 Å². The first-order chi connectivity index (χ1) is 15.4. The third kappa shape index (κ3) is 5.54. The standard InChI is InChI=1S/C23H19N3O6/c1-15-4-3-5-18(12-15)22(27)25-24-14-16-6-11-21(20(13-16)26(29)30)32-23(28)17-7-9-19(31-2)10-8-17/h3-14H,1-2H3,(H,25,27)/b24-14+. The Labute approximate surface area is 183 Å². The van der Waals surface area contributed by atoms with Crippen LogP contribution in [0.25, 0.3) is 0 Å². The van der Waals surface area contributed by atoms with Crippen LogP contribution in [0, 0.1) is 17.0 Å². The van der Waals surface area contributed by atoms with E-state index in [0.29, 0.717) is 16.9 Å². The Hall–Kier alpha value is -4.53. The SMILES string of the molecule is COc1ccc(C(=O)Oc2ccc(/C=N/NC(=O)c3cccc(C)c3)cc2[N+](=O)[O-])cc1. The summed E-state index contributed by atoms with van der Waals surface area (Å²) in [6.45, 7) is 1.86. The largest absolute Gasteiger partial charge is 0.497 e. The first-order valence-corrected chi connectivity index (χ1v) is 9.42. The molecule has 162 valence electrons. The lowest BCUT2D eigenvalue weighted by atomic mass is 10.1. The summed E-state index contributed by atoms with van der Waals surface area (Å²) in [6, 6.07) is 17.1. The van der Waals surface area contributed by atoms with Gasteiger partial charge in [0.25, 0.3) is 5.91 Å². The van der Waals surface area contributed by atoms with Gasteiger partial charge >= 0.3 is 11.7 Å². The second-order valence-electron chi connectivity index (χ2n) is 6.67. The molecule has 0 bridgehead atoms. The Bertz CT molecular complexity index is 1190. The lowest BCUT2D eigenvalue weighted by Gasteiger charge is -2.06. The molecular weight excluding hydrogens is 414 g/mol. The summed E-state index contributed by atoms with van der Waals surface area (Å²) < 4.78 is 10.2. The van der Waals surface area contributed by atoms with Crippen molar-refractivity contribution < 1.29 is 24.0 Å². The molecule has 0 heterocycles. The summed E-state index contributed by atoms with van der Waals surface area (Å²) in [6.07, 6.45) is 1.26. The maximum absolute atomic E-state index is 12.3. The van der Waals surface area contributed by atoms with Crippen molar-refractivity contribution in [3.63, 3.8) is 0 Å². The highest BCUT2D eigenvalue weighted by Crippen LogP contribution is 2.28. The van der Waals surface area contributed by atoms with E-state index in [2.05, 4.69) is 10.5 Å². The number of amides is 1. The van der Waals surface area contributed by atoms with Crippen molar-refractivity contribution in [2.45, 2.75) is 6.92 Å². The van der Waals surface area contributed by atoms with E-state index in [4.69, 9.17) is 9.47 Å². The Morgan fingerprint density at radius 3 is 2.44 bits per heavy atom. The maximum atomic E-state index is 12.3. The summed E-state index contributed by atoms with van der Waals surface area (Å²) in [5, 5.41) is 15.3. The molecule has 9 heteroatoms. The number of hydrogen-bond donors (Lipinski definition) is 1. The van der Waals surface area contributed by atoms with E-state index in [1.54, 1.807) is 30.3 Å². The highest BCUT2D eigenvalue weighted by Gasteiger charge is 2.19. The molecule has 3 aromatic rings. The molecular formula is C23H19N3O6. The molecule has 0 aliphatic rings. The average Bonchev–Trinajstić information content (AvgIpc) is 2.79. The first-order valence-electron chi connectivity index (χ1n) is 9.42. The summed E-state index contributed by atoms with van der Waals surface area (Å²) in [5.41, 5.74) is 3.87. The van der Waals surface area contributed by atoms with Crippen molar-refractivity contribution in [2.24, 2.45) is 5.10 Å². The number of benzene rings is 3. The number of hydrazone groups is 1. The van der Waals surface area contributed by atoms with E-state index < -0.39 is 22.5 Å². The minimum absolute atomic E-state index is 0.211. The van der Waals surface area contributed by atoms with Crippen molar-refractivity contribution in [2.75, 3.05) is 7.11 Å². The summed E-state index contributed by atoms with van der Waals surface area (Å²) in [5.74, 6) is -0.811. The molecule has 0 aliphatic carbocycles. The molecule has 1 amide bonds. The normalized spacial score (nSPS) is 10.6. The number of hydrogen-bond acceptors (Lipinski definition) is 7. The number of carbonyl (C=O) groups excluding carboxylic acids is 2. The maximum Gasteiger partial charge on any atom is 0.343 e. The number of nitro benzene ring substituents is 1. The van der Waals surface area contributed by atoms with Gasteiger partial charge in [-0.05, 0) is 55.5 Å². The molecule has 0 saturated carbocycles. The molecule has 0 aromatic heterocycles. The van der Waals surface area contributed by atoms with E-state index in [-0.39, 0.29) is 11.3 Å². The highest BCUT2D eigenvalue weighted by molar-refractivity contribution is 5.95. The number of nitro groups is 1. The number of nitrogens with one attached hydrogen (secondary N) is 1. The van der Waals surface area contributed by atoms with Crippen LogP contribution < -0.4 is 14.9 Å². The number of carbonyl (C=O) groups is 2. The lowest BCUT2D eigenvalue weighted by Crippen LogP contribution is -2.17. The van der Waals surface area contributed by atoms with Crippen LogP contribution in [0.1, 0.15) is 31.8 Å². The van der Waals surface area contributed by atoms with Crippen LogP contribution in [0.5, 0.6) is 11.5 Å². The molecule has 0 atom stereocenters. The zero-order chi connectivity index (χ0) is 23.1. The molecule has 0 radical (unpaired) electrons. The fraction of sp³-hybridized carbons (Fsp3) is 0.0870. The molecule has 3 rings (SSSR count). The fourth-order valence-corrected chi connectivity index (χ4v) is 2.75. The van der Waals surface area contributed by atoms with E-state index in [1.165, 1.54) is 43.7 Å². The summed E-state index contributed by atoms with van der Waals surface area (Å²) in [7, 11) is 1.50. The predicted molar refractivity (Wildman–Crippen MR) is 117 cm³/mol. The Morgan fingerprint density at radius 1 is 1.03 bits per heavy atom. The number of aryl methyl sites for hydroxylation is 1. The molecule has 1 N–H and O–H groups in total. The highest BCUT2D eigenvalue weighted by atomic mass is 16.6. The van der Waals surface area contributed by atoms with Gasteiger partial charge in [-0.2, -0.15) is 5.10 Å². The van der Waals surface area contributed by atoms with Crippen LogP contribution in [-0.2, 0) is 0 Å². The van der Waals surface area contributed by atoms with Crippen LogP contribution in [0.3, 0.4) is 0 Å². The number of rotatable bonds is 7. The summed E-state index contributed by atoms with van der Waals surface area (Å²) in [4.78, 5) is 35.2. The molecule has 3 aromatic carbocycles. The smallest absolute Gasteiger partial charge is 0.343 e. The van der Waals surface area contributed by atoms with Gasteiger partial charge in [-0.1, -0.05) is 17.7 Å². The lowest BCUT2D eigenvalue weighted by molar-refractivity contribution is -0.385. The number of esters is 1. The number of methoxy groups -OCH3 is 1. The Morgan fingerprint density at radius 2 is 1.78 bits per heavy atom. The van der Waals surface area contributed by atoms with E-state index in [9.17, 15) is 19.7 Å². The fourth-order valence-electron chi connectivity index (χ4n) is 2.75. The minimum atomic E-state index is -0.748. The van der Waals surface area contributed by atoms with Gasteiger partial charge in [0, 0.05) is 17.2 Å². The van der Waals surface area contributed by atoms with Crippen LogP contribution in [0.15, 0.2) is 71.8 Å². The van der Waals surface area contributed by atoms with Crippen LogP contribution in [0.2, 0.25) is 0 Å². The van der Waals surface area contributed by atoms with Gasteiger partial charge in [-0.15, -0.1) is 0 Å². The van der Waals surface area contributed by atoms with Gasteiger partial charge in [-0.3, -0.25) is 14.9 Å². The molecule has 0 aliphatic heterocycles. The first kappa shape index (κ1) is 22.2.